The lowest BCUT2D eigenvalue weighted by atomic mass is 9.94. The van der Waals surface area contributed by atoms with Gasteiger partial charge in [0.25, 0.3) is 0 Å². The van der Waals surface area contributed by atoms with Gasteiger partial charge in [0.05, 0.1) is 30.2 Å². The fraction of sp³-hybridized carbons (Fsp3) is 0.375. The van der Waals surface area contributed by atoms with Gasteiger partial charge in [0.2, 0.25) is 0 Å². The number of hydrogen-bond acceptors (Lipinski definition) is 4. The molecule has 0 unspecified atom stereocenters. The van der Waals surface area contributed by atoms with Crippen molar-refractivity contribution in [3.05, 3.63) is 87.9 Å². The minimum absolute atomic E-state index is 0.632. The van der Waals surface area contributed by atoms with E-state index in [1.165, 1.54) is 33.5 Å². The molecule has 0 saturated heterocycles. The zero-order valence-electron chi connectivity index (χ0n) is 23.5. The van der Waals surface area contributed by atoms with E-state index in [9.17, 15) is 0 Å². The van der Waals surface area contributed by atoms with Crippen molar-refractivity contribution in [1.82, 2.24) is 19.2 Å². The Bertz CT molecular complexity index is 1560. The normalized spacial score (nSPS) is 11.7. The van der Waals surface area contributed by atoms with Crippen LogP contribution in [0.1, 0.15) is 45.8 Å². The van der Waals surface area contributed by atoms with Crippen LogP contribution in [-0.2, 0) is 29.0 Å². The third-order valence-corrected chi connectivity index (χ3v) is 7.33. The predicted molar refractivity (Wildman–Crippen MR) is 154 cm³/mol. The lowest BCUT2D eigenvalue weighted by molar-refractivity contribution is 0.118. The predicted octanol–water partition coefficient (Wildman–Crippen LogP) is 6.69. The zero-order valence-corrected chi connectivity index (χ0v) is 23.5. The van der Waals surface area contributed by atoms with E-state index in [1.54, 1.807) is 7.11 Å². The largest absolute Gasteiger partial charge is 0.383 e. The van der Waals surface area contributed by atoms with Crippen LogP contribution in [0.5, 0.6) is 0 Å². The number of rotatable bonds is 10. The molecule has 0 N–H and O–H groups in total. The first-order chi connectivity index (χ1) is 18.4. The molecular weight excluding hydrogens is 472 g/mol. The Morgan fingerprint density at radius 1 is 0.842 bits per heavy atom. The minimum Gasteiger partial charge on any atom is -0.383 e. The average Bonchev–Trinajstić information content (AvgIpc) is 3.40. The van der Waals surface area contributed by atoms with E-state index in [0.717, 1.165) is 53.0 Å². The molecule has 5 rings (SSSR count). The Kier molecular flexibility index (Phi) is 7.63. The lowest BCUT2D eigenvalue weighted by Gasteiger charge is -2.13. The number of methoxy groups -OCH3 is 1. The zero-order chi connectivity index (χ0) is 26.8. The van der Waals surface area contributed by atoms with Gasteiger partial charge >= 0.3 is 0 Å². The van der Waals surface area contributed by atoms with Crippen molar-refractivity contribution >= 4 is 16.7 Å². The van der Waals surface area contributed by atoms with Gasteiger partial charge in [-0.05, 0) is 75.8 Å². The van der Waals surface area contributed by atoms with Crippen molar-refractivity contribution in [1.29, 1.82) is 0 Å². The van der Waals surface area contributed by atoms with E-state index >= 15 is 0 Å². The number of fused-ring (bicyclic) bond motifs is 3. The van der Waals surface area contributed by atoms with Gasteiger partial charge in [-0.25, -0.2) is 4.98 Å². The summed E-state index contributed by atoms with van der Waals surface area (Å²) in [5, 5.41) is 6.20. The second-order valence-corrected chi connectivity index (χ2v) is 10.3. The smallest absolute Gasteiger partial charge is 0.165 e. The maximum absolute atomic E-state index is 5.97. The molecule has 0 atom stereocenters. The van der Waals surface area contributed by atoms with Crippen LogP contribution in [0.15, 0.2) is 48.5 Å². The van der Waals surface area contributed by atoms with E-state index in [-0.39, 0.29) is 0 Å². The van der Waals surface area contributed by atoms with Crippen LogP contribution in [-0.4, -0.2) is 39.5 Å². The monoisotopic (exact) mass is 510 g/mol. The van der Waals surface area contributed by atoms with Crippen molar-refractivity contribution < 1.29 is 9.47 Å². The second kappa shape index (κ2) is 11.1. The van der Waals surface area contributed by atoms with Crippen LogP contribution >= 0.6 is 0 Å². The summed E-state index contributed by atoms with van der Waals surface area (Å²) in [7, 11) is 1.75. The molecule has 5 aromatic rings. The highest BCUT2D eigenvalue weighted by molar-refractivity contribution is 5.90. The van der Waals surface area contributed by atoms with Gasteiger partial charge in [0, 0.05) is 31.3 Å². The Morgan fingerprint density at radius 3 is 2.29 bits per heavy atom. The van der Waals surface area contributed by atoms with Crippen LogP contribution < -0.4 is 0 Å². The molecule has 6 nitrogen and oxygen atoms in total. The van der Waals surface area contributed by atoms with Gasteiger partial charge in [0.1, 0.15) is 5.65 Å². The van der Waals surface area contributed by atoms with Crippen LogP contribution in [0.25, 0.3) is 27.8 Å². The molecule has 0 spiro atoms. The van der Waals surface area contributed by atoms with Gasteiger partial charge in [-0.15, -0.1) is 0 Å². The summed E-state index contributed by atoms with van der Waals surface area (Å²) in [6.45, 7) is 13.5. The summed E-state index contributed by atoms with van der Waals surface area (Å²) in [6, 6.07) is 17.1. The third kappa shape index (κ3) is 4.98. The molecule has 3 aromatic heterocycles. The summed E-state index contributed by atoms with van der Waals surface area (Å²) in [6.07, 6.45) is 1.86. The van der Waals surface area contributed by atoms with Gasteiger partial charge in [-0.2, -0.15) is 9.61 Å². The molecule has 0 aliphatic carbocycles. The standard InChI is InChI=1S/C32H38N4O2/c1-21-17-22(2)29(23(3)18-21)30-25(5)34-36-31(30)33-24(4)28-19-27(35(32(28)36)14-16-37-6)13-10-15-38-20-26-11-8-7-9-12-26/h7-9,11-12,17-19H,10,13-16,20H2,1-6H3. The molecule has 0 aliphatic heterocycles. The van der Waals surface area contributed by atoms with Gasteiger partial charge < -0.3 is 14.0 Å². The molecular formula is C32H38N4O2. The van der Waals surface area contributed by atoms with Gasteiger partial charge in [-0.1, -0.05) is 48.0 Å². The number of hydrogen-bond donors (Lipinski definition) is 0. The Balaban J connectivity index is 1.53. The molecule has 0 saturated carbocycles. The van der Waals surface area contributed by atoms with E-state index in [4.69, 9.17) is 19.6 Å². The van der Waals surface area contributed by atoms with E-state index in [2.05, 4.69) is 74.0 Å². The highest BCUT2D eigenvalue weighted by Gasteiger charge is 2.22. The van der Waals surface area contributed by atoms with Crippen molar-refractivity contribution in [2.75, 3.05) is 20.3 Å². The maximum atomic E-state index is 5.97. The molecule has 3 heterocycles. The number of aromatic nitrogens is 4. The van der Waals surface area contributed by atoms with E-state index in [1.807, 2.05) is 18.2 Å². The number of ether oxygens (including phenoxy) is 2. The molecule has 0 bridgehead atoms. The molecule has 0 fully saturated rings. The highest BCUT2D eigenvalue weighted by atomic mass is 16.5. The Morgan fingerprint density at radius 2 is 1.58 bits per heavy atom. The van der Waals surface area contributed by atoms with Crippen LogP contribution in [0.2, 0.25) is 0 Å². The summed E-state index contributed by atoms with van der Waals surface area (Å²) < 4.78 is 15.9. The summed E-state index contributed by atoms with van der Waals surface area (Å²) >= 11 is 0. The van der Waals surface area contributed by atoms with Crippen molar-refractivity contribution in [2.45, 2.75) is 60.6 Å². The third-order valence-electron chi connectivity index (χ3n) is 7.33. The quantitative estimate of drug-likeness (QED) is 0.197. The molecule has 0 amide bonds. The molecule has 2 aromatic carbocycles. The van der Waals surface area contributed by atoms with Gasteiger partial charge in [0.15, 0.2) is 5.65 Å². The highest BCUT2D eigenvalue weighted by Crippen LogP contribution is 2.36. The van der Waals surface area contributed by atoms with Crippen LogP contribution in [0.4, 0.5) is 0 Å². The fourth-order valence-corrected chi connectivity index (χ4v) is 5.70. The topological polar surface area (TPSA) is 53.6 Å². The Hall–Kier alpha value is -3.48. The van der Waals surface area contributed by atoms with Gasteiger partial charge in [-0.3, -0.25) is 0 Å². The van der Waals surface area contributed by atoms with E-state index in [0.29, 0.717) is 19.8 Å². The molecule has 38 heavy (non-hydrogen) atoms. The van der Waals surface area contributed by atoms with Crippen molar-refractivity contribution in [3.8, 4) is 11.1 Å². The summed E-state index contributed by atoms with van der Waals surface area (Å²) in [5.41, 5.74) is 12.6. The Labute approximate surface area is 225 Å². The fourth-order valence-electron chi connectivity index (χ4n) is 5.70. The first-order valence-electron chi connectivity index (χ1n) is 13.5. The van der Waals surface area contributed by atoms with Crippen LogP contribution in [0.3, 0.4) is 0 Å². The summed E-state index contributed by atoms with van der Waals surface area (Å²) in [5.74, 6) is 0. The van der Waals surface area contributed by atoms with Crippen molar-refractivity contribution in [3.63, 3.8) is 0 Å². The number of nitrogens with zero attached hydrogens (tertiary/aromatic N) is 4. The maximum Gasteiger partial charge on any atom is 0.165 e. The SMILES string of the molecule is COCCn1c(CCCOCc2ccccc2)cc2c(C)nc3c(-c4c(C)cc(C)cc4C)c(C)nn3c21. The molecule has 0 radical (unpaired) electrons. The lowest BCUT2D eigenvalue weighted by Crippen LogP contribution is -2.11. The first-order valence-corrected chi connectivity index (χ1v) is 13.5. The van der Waals surface area contributed by atoms with Crippen molar-refractivity contribution in [2.24, 2.45) is 0 Å². The summed E-state index contributed by atoms with van der Waals surface area (Å²) in [4.78, 5) is 5.11. The van der Waals surface area contributed by atoms with Crippen LogP contribution in [0, 0.1) is 34.6 Å². The minimum atomic E-state index is 0.632. The first kappa shape index (κ1) is 26.1. The second-order valence-electron chi connectivity index (χ2n) is 10.3. The number of benzene rings is 2. The average molecular weight is 511 g/mol. The molecule has 198 valence electrons. The number of aryl methyl sites for hydroxylation is 6. The molecule has 0 aliphatic rings. The molecule has 6 heteroatoms. The van der Waals surface area contributed by atoms with E-state index < -0.39 is 0 Å².